The van der Waals surface area contributed by atoms with Crippen LogP contribution in [0.4, 0.5) is 0 Å². The van der Waals surface area contributed by atoms with Crippen LogP contribution in [0.1, 0.15) is 41.7 Å². The van der Waals surface area contributed by atoms with E-state index in [4.69, 9.17) is 4.74 Å². The van der Waals surface area contributed by atoms with E-state index in [1.165, 1.54) is 0 Å². The zero-order valence-corrected chi connectivity index (χ0v) is 16.7. The van der Waals surface area contributed by atoms with Crippen LogP contribution in [-0.2, 0) is 6.54 Å². The molecule has 0 radical (unpaired) electrons. The molecule has 2 aromatic rings. The zero-order chi connectivity index (χ0) is 20.1. The molecular formula is C23H29N3O3. The average Bonchev–Trinajstić information content (AvgIpc) is 2.76. The van der Waals surface area contributed by atoms with E-state index in [0.717, 1.165) is 51.0 Å². The van der Waals surface area contributed by atoms with Crippen molar-refractivity contribution < 1.29 is 14.6 Å². The monoisotopic (exact) mass is 395 g/mol. The van der Waals surface area contributed by atoms with Gasteiger partial charge in [0.05, 0.1) is 17.4 Å². The van der Waals surface area contributed by atoms with Crippen LogP contribution in [0.15, 0.2) is 48.7 Å². The number of carbonyl (C=O) groups excluding carboxylic acids is 1. The number of pyridine rings is 1. The molecule has 1 amide bonds. The lowest BCUT2D eigenvalue weighted by Gasteiger charge is -2.33. The first-order valence-electron chi connectivity index (χ1n) is 10.5. The third-order valence-corrected chi connectivity index (χ3v) is 5.74. The van der Waals surface area contributed by atoms with E-state index in [1.807, 2.05) is 42.6 Å². The molecule has 1 aromatic carbocycles. The number of amides is 1. The Morgan fingerprint density at radius 3 is 2.62 bits per heavy atom. The van der Waals surface area contributed by atoms with Crippen molar-refractivity contribution in [2.45, 2.75) is 44.4 Å². The van der Waals surface area contributed by atoms with Gasteiger partial charge in [0.15, 0.2) is 0 Å². The van der Waals surface area contributed by atoms with Crippen molar-refractivity contribution in [2.75, 3.05) is 26.2 Å². The van der Waals surface area contributed by atoms with Gasteiger partial charge < -0.3 is 14.7 Å². The number of nitrogens with zero attached hydrogens (tertiary/aromatic N) is 3. The fraction of sp³-hybridized carbons (Fsp3) is 0.478. The fourth-order valence-corrected chi connectivity index (χ4v) is 4.14. The number of para-hydroxylation sites is 1. The molecule has 1 aromatic heterocycles. The molecule has 2 fully saturated rings. The fourth-order valence-electron chi connectivity index (χ4n) is 4.14. The second-order valence-corrected chi connectivity index (χ2v) is 7.96. The molecule has 0 aliphatic carbocycles. The summed E-state index contributed by atoms with van der Waals surface area (Å²) in [6, 6.07) is 13.5. The predicted octanol–water partition coefficient (Wildman–Crippen LogP) is 2.72. The summed E-state index contributed by atoms with van der Waals surface area (Å²) in [7, 11) is 0. The van der Waals surface area contributed by atoms with Gasteiger partial charge in [-0.1, -0.05) is 18.2 Å². The van der Waals surface area contributed by atoms with Gasteiger partial charge in [-0.2, -0.15) is 0 Å². The van der Waals surface area contributed by atoms with Gasteiger partial charge in [-0.05, 0) is 49.9 Å². The molecule has 0 unspecified atom stereocenters. The van der Waals surface area contributed by atoms with E-state index >= 15 is 0 Å². The molecule has 4 rings (SSSR count). The number of aromatic nitrogens is 1. The largest absolute Gasteiger partial charge is 0.489 e. The Kier molecular flexibility index (Phi) is 6.42. The SMILES string of the molecule is O=C(c1ccccc1OC1CCN(Cc2ccccn2)CC1)N1CCC[C@@H](O)C1. The van der Waals surface area contributed by atoms with E-state index in [-0.39, 0.29) is 12.0 Å². The van der Waals surface area contributed by atoms with Gasteiger partial charge in [-0.15, -0.1) is 0 Å². The van der Waals surface area contributed by atoms with Gasteiger partial charge >= 0.3 is 0 Å². The van der Waals surface area contributed by atoms with Gasteiger partial charge in [0, 0.05) is 38.9 Å². The standard InChI is InChI=1S/C23H29N3O3/c27-19-7-5-13-26(17-19)23(28)21-8-1-2-9-22(21)29-20-10-14-25(15-11-20)16-18-6-3-4-12-24-18/h1-4,6,8-9,12,19-20,27H,5,7,10-11,13-17H2/t19-/m1/s1. The number of likely N-dealkylation sites (tertiary alicyclic amines) is 2. The van der Waals surface area contributed by atoms with Crippen molar-refractivity contribution >= 4 is 5.91 Å². The Hall–Kier alpha value is -2.44. The minimum Gasteiger partial charge on any atom is -0.489 e. The summed E-state index contributed by atoms with van der Waals surface area (Å²) in [4.78, 5) is 21.5. The number of hydrogen-bond donors (Lipinski definition) is 1. The minimum absolute atomic E-state index is 0.0491. The highest BCUT2D eigenvalue weighted by atomic mass is 16.5. The number of benzene rings is 1. The third-order valence-electron chi connectivity index (χ3n) is 5.74. The average molecular weight is 396 g/mol. The molecule has 3 heterocycles. The van der Waals surface area contributed by atoms with Crippen LogP contribution in [0.5, 0.6) is 5.75 Å². The normalized spacial score (nSPS) is 21.1. The van der Waals surface area contributed by atoms with Crippen LogP contribution in [0.25, 0.3) is 0 Å². The molecule has 6 heteroatoms. The van der Waals surface area contributed by atoms with Crippen molar-refractivity contribution in [3.63, 3.8) is 0 Å². The molecule has 1 N–H and O–H groups in total. The van der Waals surface area contributed by atoms with Gasteiger partial charge in [0.25, 0.3) is 5.91 Å². The second kappa shape index (κ2) is 9.37. The molecule has 29 heavy (non-hydrogen) atoms. The molecule has 0 saturated carbocycles. The first-order valence-corrected chi connectivity index (χ1v) is 10.5. The molecule has 2 saturated heterocycles. The molecule has 2 aliphatic heterocycles. The van der Waals surface area contributed by atoms with Gasteiger partial charge in [-0.3, -0.25) is 14.7 Å². The van der Waals surface area contributed by atoms with E-state index < -0.39 is 6.10 Å². The predicted molar refractivity (Wildman–Crippen MR) is 111 cm³/mol. The number of carbonyl (C=O) groups is 1. The van der Waals surface area contributed by atoms with Gasteiger partial charge in [-0.25, -0.2) is 0 Å². The van der Waals surface area contributed by atoms with E-state index in [1.54, 1.807) is 4.90 Å². The summed E-state index contributed by atoms with van der Waals surface area (Å²) in [5, 5.41) is 9.90. The summed E-state index contributed by atoms with van der Waals surface area (Å²) in [6.45, 7) is 3.86. The van der Waals surface area contributed by atoms with Crippen molar-refractivity contribution in [2.24, 2.45) is 0 Å². The Labute approximate surface area is 172 Å². The lowest BCUT2D eigenvalue weighted by molar-refractivity contribution is 0.0463. The van der Waals surface area contributed by atoms with E-state index in [9.17, 15) is 9.90 Å². The summed E-state index contributed by atoms with van der Waals surface area (Å²) in [5.41, 5.74) is 1.68. The molecular weight excluding hydrogens is 366 g/mol. The molecule has 6 nitrogen and oxygen atoms in total. The number of aliphatic hydroxyl groups excluding tert-OH is 1. The summed E-state index contributed by atoms with van der Waals surface area (Å²) in [6.07, 6.45) is 4.97. The topological polar surface area (TPSA) is 65.9 Å². The molecule has 0 spiro atoms. The van der Waals surface area contributed by atoms with Crippen LogP contribution in [0, 0.1) is 0 Å². The van der Waals surface area contributed by atoms with Crippen LogP contribution in [0.2, 0.25) is 0 Å². The van der Waals surface area contributed by atoms with E-state index in [2.05, 4.69) is 16.0 Å². The number of hydrogen-bond acceptors (Lipinski definition) is 5. The summed E-state index contributed by atoms with van der Waals surface area (Å²) in [5.74, 6) is 0.604. The number of aliphatic hydroxyl groups is 1. The van der Waals surface area contributed by atoms with Crippen LogP contribution < -0.4 is 4.74 Å². The highest BCUT2D eigenvalue weighted by molar-refractivity contribution is 5.97. The minimum atomic E-state index is -0.427. The first-order chi connectivity index (χ1) is 14.2. The Bertz CT molecular complexity index is 806. The summed E-state index contributed by atoms with van der Waals surface area (Å²) >= 11 is 0. The second-order valence-electron chi connectivity index (χ2n) is 7.96. The van der Waals surface area contributed by atoms with Crippen molar-refractivity contribution in [1.29, 1.82) is 0 Å². The maximum Gasteiger partial charge on any atom is 0.257 e. The van der Waals surface area contributed by atoms with Gasteiger partial charge in [0.1, 0.15) is 11.9 Å². The van der Waals surface area contributed by atoms with Crippen molar-refractivity contribution in [3.8, 4) is 5.75 Å². The number of ether oxygens (including phenoxy) is 1. The lowest BCUT2D eigenvalue weighted by atomic mass is 10.1. The maximum absolute atomic E-state index is 13.0. The van der Waals surface area contributed by atoms with Crippen LogP contribution in [0.3, 0.4) is 0 Å². The Morgan fingerprint density at radius 2 is 1.86 bits per heavy atom. The van der Waals surface area contributed by atoms with Crippen LogP contribution in [-0.4, -0.2) is 64.2 Å². The van der Waals surface area contributed by atoms with E-state index in [0.29, 0.717) is 24.4 Å². The number of rotatable bonds is 5. The van der Waals surface area contributed by atoms with Crippen LogP contribution >= 0.6 is 0 Å². The smallest absolute Gasteiger partial charge is 0.257 e. The number of piperidine rings is 2. The summed E-state index contributed by atoms with van der Waals surface area (Å²) < 4.78 is 6.27. The Morgan fingerprint density at radius 1 is 1.07 bits per heavy atom. The third kappa shape index (κ3) is 5.14. The van der Waals surface area contributed by atoms with Crippen molar-refractivity contribution in [3.05, 3.63) is 59.9 Å². The molecule has 154 valence electrons. The highest BCUT2D eigenvalue weighted by Gasteiger charge is 2.27. The molecule has 2 aliphatic rings. The molecule has 1 atom stereocenters. The lowest BCUT2D eigenvalue weighted by Crippen LogP contribution is -2.42. The maximum atomic E-state index is 13.0. The molecule has 0 bridgehead atoms. The Balaban J connectivity index is 1.35. The van der Waals surface area contributed by atoms with Crippen molar-refractivity contribution in [1.82, 2.24) is 14.8 Å². The zero-order valence-electron chi connectivity index (χ0n) is 16.7. The number of β-amino-alcohol motifs (C(OH)–C–C–N with tert-alkyl or cyclic N) is 1. The van der Waals surface area contributed by atoms with Gasteiger partial charge in [0.2, 0.25) is 0 Å². The quantitative estimate of drug-likeness (QED) is 0.843. The highest BCUT2D eigenvalue weighted by Crippen LogP contribution is 2.26. The first kappa shape index (κ1) is 19.9.